The van der Waals surface area contributed by atoms with E-state index in [0.717, 1.165) is 25.7 Å². The number of carboxylic acid groups (broad SMARTS) is 1. The number of carbonyl (C=O) groups is 5. The van der Waals surface area contributed by atoms with Gasteiger partial charge in [0.25, 0.3) is 0 Å². The Hall–Kier alpha value is -3.83. The molecule has 11 fully saturated rings. The van der Waals surface area contributed by atoms with Crippen molar-refractivity contribution >= 4 is 30.2 Å². The van der Waals surface area contributed by atoms with Gasteiger partial charge in [0, 0.05) is 13.8 Å². The van der Waals surface area contributed by atoms with Crippen LogP contribution in [-0.4, -0.2) is 341 Å². The van der Waals surface area contributed by atoms with Gasteiger partial charge >= 0.3 is 23.9 Å². The molecule has 0 amide bonds. The summed E-state index contributed by atoms with van der Waals surface area (Å²) in [6.07, 6.45) is -50.6. The van der Waals surface area contributed by atoms with Crippen LogP contribution < -0.4 is 0 Å². The fourth-order valence-corrected chi connectivity index (χ4v) is 20.5. The quantitative estimate of drug-likeness (QED) is 0.0192. The Bertz CT molecular complexity index is 3290. The maximum Gasteiger partial charge on any atom is 0.335 e. The number of carbonyl (C=O) groups excluding carboxylic acids is 4. The van der Waals surface area contributed by atoms with Gasteiger partial charge in [0.05, 0.1) is 55.6 Å². The fraction of sp³-hybridized carbons (Fsp3) is 0.904. The van der Waals surface area contributed by atoms with Crippen molar-refractivity contribution in [1.29, 1.82) is 0 Å². The number of aliphatic hydroxyl groups excluding tert-OH is 15. The first-order valence-electron chi connectivity index (χ1n) is 38.1. The minimum absolute atomic E-state index is 0.130. The Morgan fingerprint density at radius 1 is 0.482 bits per heavy atom. The molecule has 1 unspecified atom stereocenters. The number of hydrogen-bond acceptors (Lipinski definition) is 36. The molecule has 12 aliphatic rings. The minimum Gasteiger partial charge on any atom is -0.479 e. The SMILES string of the molecule is CC(=O)O[C@H]1[C@@H](OC(C)=O)[C@@H](C)O[C@@H](OC(=O)[C@]23CCC(C)(C)C[C@H]2C2=CCC4[C@@]5(C)CC[C@H](O[C@@H]6O[C@H](C(=O)O)[C@@H](O)[C@H](O[C@@H]7OC[C@@H](O)[C@H](O)[C@H]7O)[C@H]6O[C@@H]6O[C@H](CO)[C@H](O)[C@H](O)[C@H]6O)[C@@](C)(C=O)[C@@H]5CC[C@@]4(C)[C@]2(C)CC3)[C@@H]1O[C@@H]1O[C@@H](C)[C@H](O[C@@H]2OC[C@@H](O)[C@H](O[C@@H]3OC[C@@H](O)[C@H](O)[C@H]3O)[C@H]2O)[C@@H](O)[C@H]1O. The minimum atomic E-state index is -2.22. The summed E-state index contributed by atoms with van der Waals surface area (Å²) in [7, 11) is 0. The van der Waals surface area contributed by atoms with Crippen LogP contribution in [0.1, 0.15) is 133 Å². The number of carboxylic acids is 1. The van der Waals surface area contributed by atoms with Crippen molar-refractivity contribution in [2.45, 2.75) is 336 Å². The zero-order valence-corrected chi connectivity index (χ0v) is 63.1. The van der Waals surface area contributed by atoms with Crippen molar-refractivity contribution < 1.29 is 181 Å². The van der Waals surface area contributed by atoms with Crippen LogP contribution in [0.2, 0.25) is 0 Å². The molecule has 7 heterocycles. The molecule has 0 bridgehead atoms. The first-order chi connectivity index (χ1) is 51.6. The molecule has 41 atom stereocenters. The predicted octanol–water partition coefficient (Wildman–Crippen LogP) is -4.18. The number of aliphatic hydroxyl groups is 15. The van der Waals surface area contributed by atoms with Gasteiger partial charge in [-0.2, -0.15) is 0 Å². The lowest BCUT2D eigenvalue weighted by atomic mass is 9.33. The van der Waals surface area contributed by atoms with E-state index in [4.69, 9.17) is 75.8 Å². The Morgan fingerprint density at radius 3 is 1.60 bits per heavy atom. The maximum atomic E-state index is 16.0. The van der Waals surface area contributed by atoms with Crippen molar-refractivity contribution in [2.24, 2.45) is 50.2 Å². The smallest absolute Gasteiger partial charge is 0.335 e. The van der Waals surface area contributed by atoms with Crippen LogP contribution >= 0.6 is 0 Å². The third kappa shape index (κ3) is 15.3. The number of aliphatic carboxylic acids is 1. The summed E-state index contributed by atoms with van der Waals surface area (Å²) >= 11 is 0. The molecular weight excluding hydrogens is 1470 g/mol. The largest absolute Gasteiger partial charge is 0.479 e. The summed E-state index contributed by atoms with van der Waals surface area (Å²) in [5.41, 5.74) is -3.69. The fourth-order valence-electron chi connectivity index (χ4n) is 20.5. The highest BCUT2D eigenvalue weighted by Crippen LogP contribution is 2.76. The van der Waals surface area contributed by atoms with Crippen LogP contribution in [0.3, 0.4) is 0 Å². The average molecular weight is 1580 g/mol. The summed E-state index contributed by atoms with van der Waals surface area (Å²) in [6, 6.07) is 0. The lowest BCUT2D eigenvalue weighted by molar-refractivity contribution is -0.391. The molecule has 4 saturated carbocycles. The number of aldehydes is 1. The number of esters is 3. The molecular formula is C73H112O37. The molecule has 5 aliphatic carbocycles. The molecule has 0 spiro atoms. The molecule has 110 heavy (non-hydrogen) atoms. The molecule has 37 heteroatoms. The van der Waals surface area contributed by atoms with Crippen LogP contribution in [0.25, 0.3) is 0 Å². The van der Waals surface area contributed by atoms with Crippen LogP contribution in [0.4, 0.5) is 0 Å². The summed E-state index contributed by atoms with van der Waals surface area (Å²) < 4.78 is 96.4. The second-order valence-corrected chi connectivity index (χ2v) is 34.2. The normalized spacial score (nSPS) is 52.3. The lowest BCUT2D eigenvalue weighted by Crippen LogP contribution is -2.69. The van der Waals surface area contributed by atoms with Crippen LogP contribution in [0.15, 0.2) is 11.6 Å². The molecule has 0 aromatic carbocycles. The van der Waals surface area contributed by atoms with Gasteiger partial charge in [-0.3, -0.25) is 14.4 Å². The molecule has 37 nitrogen and oxygen atoms in total. The van der Waals surface area contributed by atoms with Gasteiger partial charge < -0.3 is 162 Å². The Balaban J connectivity index is 0.798. The van der Waals surface area contributed by atoms with E-state index in [1.165, 1.54) is 13.8 Å². The summed E-state index contributed by atoms with van der Waals surface area (Å²) in [5.74, 6) is -5.16. The van der Waals surface area contributed by atoms with E-state index in [1.807, 2.05) is 0 Å². The molecule has 12 rings (SSSR count). The first kappa shape index (κ1) is 85.5. The van der Waals surface area contributed by atoms with Gasteiger partial charge in [0.2, 0.25) is 6.29 Å². The topological polar surface area (TPSA) is 557 Å². The molecule has 7 aliphatic heterocycles. The molecule has 0 radical (unpaired) electrons. The van der Waals surface area contributed by atoms with E-state index in [0.29, 0.717) is 57.8 Å². The Kier molecular flexibility index (Phi) is 25.3. The van der Waals surface area contributed by atoms with Crippen LogP contribution in [0.5, 0.6) is 0 Å². The van der Waals surface area contributed by atoms with Crippen molar-refractivity contribution in [2.75, 3.05) is 26.4 Å². The van der Waals surface area contributed by atoms with Gasteiger partial charge in [-0.15, -0.1) is 0 Å². The number of ether oxygens (including phenoxy) is 16. The van der Waals surface area contributed by atoms with Crippen LogP contribution in [0, 0.1) is 50.2 Å². The lowest BCUT2D eigenvalue weighted by Gasteiger charge is -2.71. The molecule has 626 valence electrons. The second kappa shape index (κ2) is 32.6. The summed E-state index contributed by atoms with van der Waals surface area (Å²) in [5, 5.41) is 174. The zero-order valence-electron chi connectivity index (χ0n) is 63.1. The number of hydrogen-bond donors (Lipinski definition) is 16. The molecule has 16 N–H and O–H groups in total. The average Bonchev–Trinajstić information content (AvgIpc) is 0.673. The van der Waals surface area contributed by atoms with Crippen molar-refractivity contribution in [3.05, 3.63) is 11.6 Å². The molecule has 7 saturated heterocycles. The van der Waals surface area contributed by atoms with Crippen molar-refractivity contribution in [1.82, 2.24) is 0 Å². The van der Waals surface area contributed by atoms with Gasteiger partial charge in [-0.1, -0.05) is 53.2 Å². The van der Waals surface area contributed by atoms with Gasteiger partial charge in [0.1, 0.15) is 122 Å². The second-order valence-electron chi connectivity index (χ2n) is 34.2. The van der Waals surface area contributed by atoms with E-state index < -0.39 is 292 Å². The van der Waals surface area contributed by atoms with E-state index >= 15 is 4.79 Å². The summed E-state index contributed by atoms with van der Waals surface area (Å²) in [4.78, 5) is 69.4. The Labute approximate surface area is 634 Å². The highest BCUT2D eigenvalue weighted by molar-refractivity contribution is 5.79. The van der Waals surface area contributed by atoms with Gasteiger partial charge in [-0.25, -0.2) is 4.79 Å². The monoisotopic (exact) mass is 1580 g/mol. The van der Waals surface area contributed by atoms with E-state index in [-0.39, 0.29) is 17.8 Å². The molecule has 0 aromatic rings. The molecule has 0 aromatic heterocycles. The maximum absolute atomic E-state index is 16.0. The standard InChI is InChI=1S/C73H112O37/c1-27-51(104-62-50(91)53(35(80)25-97-62)105-60-45(86)40(81)33(78)23-95-60)44(85)48(89)63(98-27)109-58-56(101-30(4)77)52(100-29(3)76)28(2)99-65(58)110-67(94)73-19-17-68(5,6)21-32(73)31-11-12-38-69(7)15-14-39(70(8,26-75)37(69)13-16-72(38,10)71(31,9)18-20-73)103-66-57(108-64-47(88)43(84)42(83)36(22-74)102-64)54(49(90)55(107-66)59(92)93)106-61-46(87)41(82)34(79)24-96-61/h11,26-28,32-58,60-66,74,78-91H,12-25H2,1-10H3,(H,92,93)/t27-,28+,32-,33+,34+,35+,36+,37+,38?,39-,40-,41-,42-,43-,44-,45+,46+,47+,48+,49-,50+,51-,52-,53-,54-,55-,56-,57+,58+,60-,61-,62-,63-,64-,65-,66+,69-,70-,71+,72+,73-/m0/s1. The Morgan fingerprint density at radius 2 is 1.00 bits per heavy atom. The van der Waals surface area contributed by atoms with Crippen LogP contribution in [-0.2, 0) is 99.8 Å². The summed E-state index contributed by atoms with van der Waals surface area (Å²) in [6.45, 7) is 15.3. The van der Waals surface area contributed by atoms with E-state index in [1.54, 1.807) is 6.92 Å². The van der Waals surface area contributed by atoms with E-state index in [9.17, 15) is 101 Å². The highest BCUT2D eigenvalue weighted by Gasteiger charge is 2.72. The van der Waals surface area contributed by atoms with Gasteiger partial charge in [-0.05, 0) is 117 Å². The van der Waals surface area contributed by atoms with Crippen molar-refractivity contribution in [3.8, 4) is 0 Å². The van der Waals surface area contributed by atoms with Gasteiger partial charge in [0.15, 0.2) is 62.2 Å². The number of allylic oxidation sites excluding steroid dienone is 2. The van der Waals surface area contributed by atoms with Crippen molar-refractivity contribution in [3.63, 3.8) is 0 Å². The third-order valence-electron chi connectivity index (χ3n) is 27.0. The first-order valence-corrected chi connectivity index (χ1v) is 38.1. The highest BCUT2D eigenvalue weighted by atomic mass is 16.8. The number of fused-ring (bicyclic) bond motifs is 7. The van der Waals surface area contributed by atoms with E-state index in [2.05, 4.69) is 40.7 Å². The predicted molar refractivity (Wildman–Crippen MR) is 360 cm³/mol. The third-order valence-corrected chi connectivity index (χ3v) is 27.0. The number of rotatable bonds is 19. The zero-order chi connectivity index (χ0) is 80.3.